The summed E-state index contributed by atoms with van der Waals surface area (Å²) in [7, 11) is 0. The van der Waals surface area contributed by atoms with E-state index in [1.165, 1.54) is 0 Å². The third kappa shape index (κ3) is 3.91. The molecular weight excluding hydrogens is 450 g/mol. The van der Waals surface area contributed by atoms with Gasteiger partial charge in [-0.15, -0.1) is 11.3 Å². The van der Waals surface area contributed by atoms with Crippen LogP contribution in [0.25, 0.3) is 38.4 Å². The van der Waals surface area contributed by atoms with Gasteiger partial charge in [0.05, 0.1) is 11.4 Å². The van der Waals surface area contributed by atoms with E-state index in [-0.39, 0.29) is 10.8 Å². The van der Waals surface area contributed by atoms with Crippen molar-refractivity contribution in [2.45, 2.75) is 19.3 Å². The highest BCUT2D eigenvalue weighted by molar-refractivity contribution is 7.12. The van der Waals surface area contributed by atoms with Crippen molar-refractivity contribution in [2.75, 3.05) is 0 Å². The lowest BCUT2D eigenvalue weighted by atomic mass is 10.0. The molecule has 0 aliphatic carbocycles. The molecule has 0 saturated carbocycles. The molecular formula is C25H17F4N3S. The minimum atomic E-state index is -4.39. The fraction of sp³-hybridized carbons (Fsp3) is 0.120. The molecule has 0 N–H and O–H groups in total. The fourth-order valence-corrected chi connectivity index (χ4v) is 4.38. The molecule has 5 aromatic rings. The first-order chi connectivity index (χ1) is 15.8. The second-order valence-corrected chi connectivity index (χ2v) is 8.53. The van der Waals surface area contributed by atoms with E-state index in [0.29, 0.717) is 11.3 Å². The zero-order valence-electron chi connectivity index (χ0n) is 17.3. The number of rotatable bonds is 5. The van der Waals surface area contributed by atoms with E-state index in [1.54, 1.807) is 17.5 Å². The van der Waals surface area contributed by atoms with Crippen molar-refractivity contribution in [1.29, 1.82) is 0 Å². The van der Waals surface area contributed by atoms with E-state index in [0.717, 1.165) is 44.0 Å². The smallest absolute Gasteiger partial charge is 0.218 e. The lowest BCUT2D eigenvalue weighted by Gasteiger charge is -2.15. The van der Waals surface area contributed by atoms with Crippen molar-refractivity contribution < 1.29 is 17.6 Å². The van der Waals surface area contributed by atoms with Crippen LogP contribution in [0.1, 0.15) is 11.3 Å². The maximum Gasteiger partial charge on any atom is 0.349 e. The molecule has 0 aliphatic heterocycles. The number of halogens is 4. The van der Waals surface area contributed by atoms with Crippen LogP contribution < -0.4 is 0 Å². The molecule has 0 amide bonds. The Hall–Kier alpha value is -3.52. The Labute approximate surface area is 191 Å². The van der Waals surface area contributed by atoms with Crippen molar-refractivity contribution in [2.24, 2.45) is 0 Å². The van der Waals surface area contributed by atoms with E-state index in [2.05, 4.69) is 10.1 Å². The minimum absolute atomic E-state index is 0.0907. The Balaban J connectivity index is 1.63. The van der Waals surface area contributed by atoms with Crippen molar-refractivity contribution in [3.05, 3.63) is 89.4 Å². The molecule has 8 heteroatoms. The van der Waals surface area contributed by atoms with Crippen molar-refractivity contribution in [3.63, 3.8) is 0 Å². The van der Waals surface area contributed by atoms with Gasteiger partial charge in [-0.3, -0.25) is 0 Å². The van der Waals surface area contributed by atoms with Crippen LogP contribution in [0, 0.1) is 6.92 Å². The molecule has 0 atom stereocenters. The highest BCUT2D eigenvalue weighted by Crippen LogP contribution is 2.39. The van der Waals surface area contributed by atoms with Gasteiger partial charge in [0.1, 0.15) is 5.69 Å². The molecule has 33 heavy (non-hydrogen) atoms. The third-order valence-corrected chi connectivity index (χ3v) is 6.21. The summed E-state index contributed by atoms with van der Waals surface area (Å²) in [5.74, 6) is -4.39. The van der Waals surface area contributed by atoms with Gasteiger partial charge in [0, 0.05) is 16.5 Å². The molecule has 0 unspecified atom stereocenters. The second kappa shape index (κ2) is 8.12. The first kappa shape index (κ1) is 21.3. The van der Waals surface area contributed by atoms with Gasteiger partial charge in [-0.25, -0.2) is 18.4 Å². The molecule has 0 spiro atoms. The molecule has 3 aromatic carbocycles. The first-order valence-electron chi connectivity index (χ1n) is 10.1. The predicted molar refractivity (Wildman–Crippen MR) is 122 cm³/mol. The molecule has 2 heterocycles. The average molecular weight is 467 g/mol. The van der Waals surface area contributed by atoms with Gasteiger partial charge in [0.15, 0.2) is 0 Å². The summed E-state index contributed by atoms with van der Waals surface area (Å²) in [6.45, 7) is 1.95. The molecule has 5 rings (SSSR count). The van der Waals surface area contributed by atoms with Gasteiger partial charge in [-0.05, 0) is 29.8 Å². The standard InChI is InChI=1S/C25H17F4N3S/c1-15-6-8-17(9-7-15)21-14-33-24(30-21)32-22(25(28,29)23(26)27)13-20(31-32)19-11-10-16-4-2-3-5-18(16)12-19/h2-14,23H,1H3. The number of hydrogen-bond acceptors (Lipinski definition) is 3. The minimum Gasteiger partial charge on any atom is -0.218 e. The summed E-state index contributed by atoms with van der Waals surface area (Å²) in [5.41, 5.74) is 2.25. The zero-order valence-corrected chi connectivity index (χ0v) is 18.2. The van der Waals surface area contributed by atoms with Gasteiger partial charge < -0.3 is 0 Å². The van der Waals surface area contributed by atoms with Gasteiger partial charge in [-0.2, -0.15) is 13.9 Å². The Bertz CT molecular complexity index is 1440. The molecule has 0 aliphatic rings. The van der Waals surface area contributed by atoms with E-state index in [9.17, 15) is 17.6 Å². The summed E-state index contributed by atoms with van der Waals surface area (Å²) in [6.07, 6.45) is -3.88. The van der Waals surface area contributed by atoms with Crippen LogP contribution >= 0.6 is 11.3 Å². The maximum absolute atomic E-state index is 14.5. The number of hydrogen-bond donors (Lipinski definition) is 0. The van der Waals surface area contributed by atoms with Crippen LogP contribution in [-0.4, -0.2) is 21.2 Å². The van der Waals surface area contributed by atoms with Crippen LogP contribution in [0.15, 0.2) is 78.2 Å². The molecule has 0 fully saturated rings. The topological polar surface area (TPSA) is 30.7 Å². The van der Waals surface area contributed by atoms with Gasteiger partial charge >= 0.3 is 12.3 Å². The Morgan fingerprint density at radius 1 is 0.848 bits per heavy atom. The Morgan fingerprint density at radius 2 is 1.55 bits per heavy atom. The Morgan fingerprint density at radius 3 is 2.27 bits per heavy atom. The lowest BCUT2D eigenvalue weighted by Crippen LogP contribution is -2.26. The molecule has 0 bridgehead atoms. The lowest BCUT2D eigenvalue weighted by molar-refractivity contribution is -0.139. The molecule has 166 valence electrons. The quantitative estimate of drug-likeness (QED) is 0.251. The third-order valence-electron chi connectivity index (χ3n) is 5.39. The summed E-state index contributed by atoms with van der Waals surface area (Å²) in [4.78, 5) is 4.41. The number of benzene rings is 3. The van der Waals surface area contributed by atoms with Gasteiger partial charge in [-0.1, -0.05) is 66.2 Å². The van der Waals surface area contributed by atoms with Crippen LogP contribution in [0.5, 0.6) is 0 Å². The molecule has 0 radical (unpaired) electrons. The van der Waals surface area contributed by atoms with Crippen LogP contribution in [0.4, 0.5) is 17.6 Å². The number of thiazole rings is 1. The Kier molecular flexibility index (Phi) is 5.25. The summed E-state index contributed by atoms with van der Waals surface area (Å²) in [5, 5.41) is 7.93. The second-order valence-electron chi connectivity index (χ2n) is 7.69. The maximum atomic E-state index is 14.5. The normalized spacial score (nSPS) is 12.1. The van der Waals surface area contributed by atoms with Crippen molar-refractivity contribution in [3.8, 4) is 27.6 Å². The largest absolute Gasteiger partial charge is 0.349 e. The van der Waals surface area contributed by atoms with E-state index >= 15 is 0 Å². The van der Waals surface area contributed by atoms with Crippen molar-refractivity contribution >= 4 is 22.1 Å². The first-order valence-corrected chi connectivity index (χ1v) is 11.0. The zero-order chi connectivity index (χ0) is 23.2. The number of aryl methyl sites for hydroxylation is 1. The fourth-order valence-electron chi connectivity index (χ4n) is 3.58. The van der Waals surface area contributed by atoms with Gasteiger partial charge in [0.25, 0.3) is 0 Å². The summed E-state index contributed by atoms with van der Waals surface area (Å²) < 4.78 is 56.6. The number of nitrogens with zero attached hydrogens (tertiary/aromatic N) is 3. The summed E-state index contributed by atoms with van der Waals surface area (Å²) >= 11 is 1.07. The highest BCUT2D eigenvalue weighted by Gasteiger charge is 2.46. The van der Waals surface area contributed by atoms with Crippen LogP contribution in [-0.2, 0) is 5.92 Å². The van der Waals surface area contributed by atoms with Crippen LogP contribution in [0.3, 0.4) is 0 Å². The monoisotopic (exact) mass is 467 g/mol. The predicted octanol–water partition coefficient (Wildman–Crippen LogP) is 7.48. The van der Waals surface area contributed by atoms with Gasteiger partial charge in [0.2, 0.25) is 5.13 Å². The molecule has 2 aromatic heterocycles. The van der Waals surface area contributed by atoms with Crippen LogP contribution in [0.2, 0.25) is 0 Å². The number of alkyl halides is 4. The van der Waals surface area contributed by atoms with Crippen molar-refractivity contribution in [1.82, 2.24) is 14.8 Å². The SMILES string of the molecule is Cc1ccc(-c2csc(-n3nc(-c4ccc5ccccc5c4)cc3C(F)(F)C(F)F)n2)cc1. The summed E-state index contributed by atoms with van der Waals surface area (Å²) in [6, 6.07) is 21.5. The van der Waals surface area contributed by atoms with E-state index in [4.69, 9.17) is 0 Å². The van der Waals surface area contributed by atoms with E-state index < -0.39 is 18.0 Å². The van der Waals surface area contributed by atoms with E-state index in [1.807, 2.05) is 61.5 Å². The average Bonchev–Trinajstić information content (AvgIpc) is 3.47. The highest BCUT2D eigenvalue weighted by atomic mass is 32.1. The number of aromatic nitrogens is 3. The molecule has 0 saturated heterocycles. The number of fused-ring (bicyclic) bond motifs is 1. The molecule has 3 nitrogen and oxygen atoms in total.